The molecule has 2 aromatic heterocycles. The van der Waals surface area contributed by atoms with Crippen LogP contribution in [0.5, 0.6) is 0 Å². The van der Waals surface area contributed by atoms with Gasteiger partial charge in [0, 0.05) is 36.6 Å². The number of pyridine rings is 1. The third kappa shape index (κ3) is 5.91. The number of aliphatic hydroxyl groups excluding tert-OH is 1. The Balaban J connectivity index is 0.00000101. The molecule has 30 heavy (non-hydrogen) atoms. The molecular weight excluding hydrogens is 406 g/mol. The van der Waals surface area contributed by atoms with Gasteiger partial charge in [-0.05, 0) is 41.8 Å². The molecule has 158 valence electrons. The van der Waals surface area contributed by atoms with E-state index in [2.05, 4.69) is 5.10 Å². The Morgan fingerprint density at radius 3 is 2.30 bits per heavy atom. The Morgan fingerprint density at radius 1 is 1.10 bits per heavy atom. The van der Waals surface area contributed by atoms with Gasteiger partial charge in [0.2, 0.25) is 0 Å². The Labute approximate surface area is 177 Å². The van der Waals surface area contributed by atoms with E-state index in [4.69, 9.17) is 13.5 Å². The van der Waals surface area contributed by atoms with Crippen molar-refractivity contribution in [2.75, 3.05) is 6.61 Å². The summed E-state index contributed by atoms with van der Waals surface area (Å²) in [4.78, 5) is 24.2. The number of carbonyl (C=O) groups is 1. The van der Waals surface area contributed by atoms with Gasteiger partial charge >= 0.3 is 11.6 Å². The van der Waals surface area contributed by atoms with Gasteiger partial charge in [-0.1, -0.05) is 26.0 Å². The van der Waals surface area contributed by atoms with Gasteiger partial charge in [-0.15, -0.1) is 0 Å². The third-order valence-electron chi connectivity index (χ3n) is 4.84. The summed E-state index contributed by atoms with van der Waals surface area (Å²) in [5.41, 5.74) is 1.97. The van der Waals surface area contributed by atoms with Gasteiger partial charge in [0.1, 0.15) is 6.61 Å². The first kappa shape index (κ1) is 23.1. The zero-order chi connectivity index (χ0) is 22.1. The Morgan fingerprint density at radius 2 is 1.77 bits per heavy atom. The molecule has 0 spiro atoms. The number of ketones is 1. The number of aliphatic hydroxyl groups is 1. The smallest absolute Gasteiger partial charge is 0.335 e. The highest BCUT2D eigenvalue weighted by molar-refractivity contribution is 7.51. The molecule has 3 aromatic rings. The number of rotatable bonds is 7. The van der Waals surface area contributed by atoms with Crippen LogP contribution in [0.1, 0.15) is 20.3 Å². The molecule has 0 aliphatic carbocycles. The van der Waals surface area contributed by atoms with Crippen LogP contribution in [-0.4, -0.2) is 40.3 Å². The summed E-state index contributed by atoms with van der Waals surface area (Å²) >= 11 is -0.750. The average molecular weight is 429 g/mol. The molecule has 1 N–H and O–H groups in total. The quantitative estimate of drug-likeness (QED) is 0.615. The molecule has 0 bridgehead atoms. The highest BCUT2D eigenvalue weighted by Crippen LogP contribution is 2.23. The van der Waals surface area contributed by atoms with Crippen LogP contribution in [0.25, 0.3) is 16.8 Å². The van der Waals surface area contributed by atoms with Crippen molar-refractivity contribution >= 4 is 17.4 Å². The van der Waals surface area contributed by atoms with Crippen LogP contribution >= 0.6 is 0 Å². The minimum atomic E-state index is -0.750. The number of carbonyl (C=O) groups excluding carboxylic acids is 1. The van der Waals surface area contributed by atoms with Crippen LogP contribution in [0, 0.1) is 5.41 Å². The number of aryl methyl sites for hydroxylation is 1. The first-order valence-electron chi connectivity index (χ1n) is 9.19. The number of hydrogen-bond donors (Lipinski definition) is 1. The average Bonchev–Trinajstić information content (AvgIpc) is 3.28. The van der Waals surface area contributed by atoms with Crippen molar-refractivity contribution in [3.63, 3.8) is 0 Å². The van der Waals surface area contributed by atoms with Crippen LogP contribution in [0.3, 0.4) is 0 Å². The van der Waals surface area contributed by atoms with Crippen molar-refractivity contribution in [3.8, 4) is 16.8 Å². The summed E-state index contributed by atoms with van der Waals surface area (Å²) in [7, 11) is 0. The summed E-state index contributed by atoms with van der Waals surface area (Å²) in [5.74, 6) is -0.218. The van der Waals surface area contributed by atoms with Crippen LogP contribution in [0.15, 0.2) is 65.8 Å². The SMILES string of the molecule is CC(C)(CCn1ccc(-c2ccc(-n3cccn3)cc2)cc1=O)C(=O)CO.O=S=O. The van der Waals surface area contributed by atoms with Gasteiger partial charge in [-0.25, -0.2) is 4.68 Å². The largest absolute Gasteiger partial charge is 0.389 e. The number of aromatic nitrogens is 3. The minimum absolute atomic E-state index is 0.115. The lowest BCUT2D eigenvalue weighted by Crippen LogP contribution is -2.30. The predicted octanol–water partition coefficient (Wildman–Crippen LogP) is 2.01. The van der Waals surface area contributed by atoms with Gasteiger partial charge in [-0.2, -0.15) is 13.5 Å². The van der Waals surface area contributed by atoms with E-state index in [1.807, 2.05) is 42.6 Å². The number of hydrogen-bond acceptors (Lipinski definition) is 6. The zero-order valence-electron chi connectivity index (χ0n) is 16.7. The number of benzene rings is 1. The topological polar surface area (TPSA) is 111 Å². The second kappa shape index (κ2) is 10.6. The zero-order valence-corrected chi connectivity index (χ0v) is 17.5. The van der Waals surface area contributed by atoms with Gasteiger partial charge in [0.05, 0.1) is 5.69 Å². The minimum Gasteiger partial charge on any atom is -0.389 e. The van der Waals surface area contributed by atoms with Gasteiger partial charge in [0.25, 0.3) is 5.56 Å². The second-order valence-corrected chi connectivity index (χ2v) is 7.36. The lowest BCUT2D eigenvalue weighted by Gasteiger charge is -2.22. The maximum atomic E-state index is 12.4. The molecule has 1 aromatic carbocycles. The van der Waals surface area contributed by atoms with Crippen molar-refractivity contribution in [2.24, 2.45) is 5.41 Å². The normalized spacial score (nSPS) is 10.8. The lowest BCUT2D eigenvalue weighted by atomic mass is 9.85. The summed E-state index contributed by atoms with van der Waals surface area (Å²) in [6.45, 7) is 3.52. The Hall–Kier alpha value is -3.17. The van der Waals surface area contributed by atoms with Crippen LogP contribution in [0.4, 0.5) is 0 Å². The molecule has 0 amide bonds. The van der Waals surface area contributed by atoms with Crippen LogP contribution < -0.4 is 5.56 Å². The van der Waals surface area contributed by atoms with Gasteiger partial charge in [0.15, 0.2) is 5.78 Å². The highest BCUT2D eigenvalue weighted by Gasteiger charge is 2.26. The first-order chi connectivity index (χ1) is 14.3. The van der Waals surface area contributed by atoms with Crippen LogP contribution in [0.2, 0.25) is 0 Å². The maximum Gasteiger partial charge on any atom is 0.335 e. The molecule has 0 atom stereocenters. The summed E-state index contributed by atoms with van der Waals surface area (Å²) < 4.78 is 19.9. The molecule has 0 radical (unpaired) electrons. The number of nitrogens with zero attached hydrogens (tertiary/aromatic N) is 3. The first-order valence-corrected chi connectivity index (χ1v) is 9.86. The molecule has 3 rings (SSSR count). The predicted molar refractivity (Wildman–Crippen MR) is 113 cm³/mol. The number of Topliss-reactive ketones (excluding diaryl/α,β-unsaturated/α-hetero) is 1. The fraction of sp³-hybridized carbons (Fsp3) is 0.286. The van der Waals surface area contributed by atoms with Crippen molar-refractivity contribution < 1.29 is 18.3 Å². The molecule has 0 aliphatic heterocycles. The van der Waals surface area contributed by atoms with E-state index in [0.717, 1.165) is 16.8 Å². The molecular formula is C21H23N3O5S. The van der Waals surface area contributed by atoms with Gasteiger partial charge in [-0.3, -0.25) is 9.59 Å². The fourth-order valence-corrected chi connectivity index (χ4v) is 2.85. The van der Waals surface area contributed by atoms with E-state index in [0.29, 0.717) is 13.0 Å². The van der Waals surface area contributed by atoms with E-state index in [9.17, 15) is 9.59 Å². The molecule has 0 aliphatic rings. The molecule has 0 saturated heterocycles. The van der Waals surface area contributed by atoms with E-state index in [1.54, 1.807) is 41.6 Å². The molecule has 2 heterocycles. The van der Waals surface area contributed by atoms with E-state index in [-0.39, 0.29) is 11.3 Å². The van der Waals surface area contributed by atoms with Crippen molar-refractivity contribution in [1.82, 2.24) is 14.3 Å². The standard InChI is InChI=1S/C21H23N3O3.O2S/c1-21(2,19(26)15-25)9-13-23-12-8-17(14-20(23)27)16-4-6-18(7-5-16)24-11-3-10-22-24;1-3-2/h3-8,10-12,14,25H,9,13,15H2,1-2H3;. The molecule has 9 heteroatoms. The highest BCUT2D eigenvalue weighted by atomic mass is 32.1. The van der Waals surface area contributed by atoms with E-state index in [1.165, 1.54) is 0 Å². The van der Waals surface area contributed by atoms with E-state index < -0.39 is 23.6 Å². The van der Waals surface area contributed by atoms with Crippen LogP contribution in [-0.2, 0) is 22.9 Å². The maximum absolute atomic E-state index is 12.4. The van der Waals surface area contributed by atoms with Crippen molar-refractivity contribution in [1.29, 1.82) is 0 Å². The van der Waals surface area contributed by atoms with E-state index >= 15 is 0 Å². The Kier molecular flexibility index (Phi) is 8.14. The Bertz CT molecular complexity index is 1070. The third-order valence-corrected chi connectivity index (χ3v) is 4.84. The summed E-state index contributed by atoms with van der Waals surface area (Å²) in [6, 6.07) is 13.2. The summed E-state index contributed by atoms with van der Waals surface area (Å²) in [6.07, 6.45) is 5.84. The fourth-order valence-electron chi connectivity index (χ4n) is 2.85. The van der Waals surface area contributed by atoms with Gasteiger partial charge < -0.3 is 9.67 Å². The molecule has 0 saturated carbocycles. The second-order valence-electron chi connectivity index (χ2n) is 7.23. The molecule has 0 fully saturated rings. The summed E-state index contributed by atoms with van der Waals surface area (Å²) in [5, 5.41) is 13.2. The molecule has 8 nitrogen and oxygen atoms in total. The molecule has 0 unspecified atom stereocenters. The lowest BCUT2D eigenvalue weighted by molar-refractivity contribution is -0.130. The van der Waals surface area contributed by atoms with Crippen molar-refractivity contribution in [3.05, 3.63) is 71.4 Å². The van der Waals surface area contributed by atoms with Crippen molar-refractivity contribution in [2.45, 2.75) is 26.8 Å². The monoisotopic (exact) mass is 429 g/mol.